The van der Waals surface area contributed by atoms with E-state index in [1.807, 2.05) is 20.9 Å². The number of pyridine rings is 1. The molecule has 0 radical (unpaired) electrons. The molecule has 0 saturated carbocycles. The summed E-state index contributed by atoms with van der Waals surface area (Å²) in [5, 5.41) is 9.73. The van der Waals surface area contributed by atoms with Crippen molar-refractivity contribution in [1.29, 1.82) is 0 Å². The number of aromatic nitrogens is 3. The Morgan fingerprint density at radius 2 is 2.04 bits per heavy atom. The first-order valence-corrected chi connectivity index (χ1v) is 8.00. The van der Waals surface area contributed by atoms with Crippen molar-refractivity contribution in [3.05, 3.63) is 50.7 Å². The summed E-state index contributed by atoms with van der Waals surface area (Å²) in [7, 11) is 1.99. The molecule has 0 aliphatic rings. The van der Waals surface area contributed by atoms with E-state index in [4.69, 9.17) is 0 Å². The summed E-state index contributed by atoms with van der Waals surface area (Å²) in [6.07, 6.45) is 0. The summed E-state index contributed by atoms with van der Waals surface area (Å²) in [6.45, 7) is 8.90. The van der Waals surface area contributed by atoms with Crippen LogP contribution in [0.25, 0.3) is 0 Å². The van der Waals surface area contributed by atoms with Gasteiger partial charge in [-0.2, -0.15) is 5.10 Å². The van der Waals surface area contributed by atoms with Gasteiger partial charge in [0.25, 0.3) is 11.5 Å². The predicted octanol–water partition coefficient (Wildman–Crippen LogP) is 1.49. The molecule has 2 rings (SSSR count). The second-order valence-electron chi connectivity index (χ2n) is 6.33. The molecule has 24 heavy (non-hydrogen) atoms. The van der Waals surface area contributed by atoms with Crippen LogP contribution in [-0.2, 0) is 13.1 Å². The van der Waals surface area contributed by atoms with Gasteiger partial charge in [-0.25, -0.2) is 0 Å². The van der Waals surface area contributed by atoms with Crippen LogP contribution in [-0.4, -0.2) is 39.1 Å². The van der Waals surface area contributed by atoms with Gasteiger partial charge in [0.1, 0.15) is 5.56 Å². The van der Waals surface area contributed by atoms with Crippen LogP contribution in [0.15, 0.2) is 16.9 Å². The van der Waals surface area contributed by atoms with Gasteiger partial charge in [-0.3, -0.25) is 19.6 Å². The number of nitrogens with one attached hydrogen (secondary N) is 3. The highest BCUT2D eigenvalue weighted by Crippen LogP contribution is 2.09. The van der Waals surface area contributed by atoms with Gasteiger partial charge in [0.05, 0.1) is 5.69 Å². The summed E-state index contributed by atoms with van der Waals surface area (Å²) in [5.74, 6) is -0.389. The molecule has 0 fully saturated rings. The van der Waals surface area contributed by atoms with Gasteiger partial charge < -0.3 is 10.3 Å². The van der Waals surface area contributed by atoms with E-state index in [0.29, 0.717) is 19.1 Å². The first kappa shape index (κ1) is 17.9. The van der Waals surface area contributed by atoms with Crippen LogP contribution in [0, 0.1) is 13.8 Å². The van der Waals surface area contributed by atoms with Gasteiger partial charge >= 0.3 is 0 Å². The summed E-state index contributed by atoms with van der Waals surface area (Å²) in [5.41, 5.74) is 3.22. The van der Waals surface area contributed by atoms with Crippen molar-refractivity contribution < 1.29 is 4.79 Å². The fourth-order valence-corrected chi connectivity index (χ4v) is 2.34. The smallest absolute Gasteiger partial charge is 0.261 e. The van der Waals surface area contributed by atoms with E-state index < -0.39 is 0 Å². The molecular formula is C17H25N5O2. The Hall–Kier alpha value is -2.41. The van der Waals surface area contributed by atoms with Crippen molar-refractivity contribution in [3.63, 3.8) is 0 Å². The number of aromatic amines is 2. The van der Waals surface area contributed by atoms with E-state index in [0.717, 1.165) is 22.6 Å². The number of H-pyrrole nitrogens is 2. The largest absolute Gasteiger partial charge is 0.348 e. The number of nitrogens with zero attached hydrogens (tertiary/aromatic N) is 2. The lowest BCUT2D eigenvalue weighted by Gasteiger charge is -2.20. The Balaban J connectivity index is 2.06. The van der Waals surface area contributed by atoms with Gasteiger partial charge in [-0.05, 0) is 46.9 Å². The van der Waals surface area contributed by atoms with Crippen molar-refractivity contribution in [3.8, 4) is 0 Å². The molecule has 2 heterocycles. The monoisotopic (exact) mass is 331 g/mol. The molecule has 0 unspecified atom stereocenters. The molecule has 0 saturated heterocycles. The molecule has 0 aliphatic carbocycles. The third-order valence-electron chi connectivity index (χ3n) is 4.22. The highest BCUT2D eigenvalue weighted by atomic mass is 16.2. The zero-order chi connectivity index (χ0) is 17.9. The zero-order valence-electron chi connectivity index (χ0n) is 14.9. The van der Waals surface area contributed by atoms with Crippen molar-refractivity contribution >= 4 is 5.91 Å². The average molecular weight is 331 g/mol. The van der Waals surface area contributed by atoms with Crippen molar-refractivity contribution in [1.82, 2.24) is 25.4 Å². The van der Waals surface area contributed by atoms with E-state index in [9.17, 15) is 9.59 Å². The lowest BCUT2D eigenvalue weighted by atomic mass is 10.2. The van der Waals surface area contributed by atoms with E-state index in [-0.39, 0.29) is 17.0 Å². The zero-order valence-corrected chi connectivity index (χ0v) is 14.9. The summed E-state index contributed by atoms with van der Waals surface area (Å²) in [6, 6.07) is 3.73. The van der Waals surface area contributed by atoms with Gasteiger partial charge in [-0.1, -0.05) is 0 Å². The predicted molar refractivity (Wildman–Crippen MR) is 92.9 cm³/mol. The molecule has 2 aromatic heterocycles. The van der Waals surface area contributed by atoms with Gasteiger partial charge in [0, 0.05) is 36.1 Å². The second-order valence-corrected chi connectivity index (χ2v) is 6.33. The first-order chi connectivity index (χ1) is 11.3. The SMILES string of the molecule is Cc1n[nH]c(C)c1CNC(=O)c1ccc(CN(C)C(C)C)[nH]c1=O. The lowest BCUT2D eigenvalue weighted by molar-refractivity contribution is 0.0949. The Morgan fingerprint density at radius 3 is 2.58 bits per heavy atom. The molecule has 1 amide bonds. The standard InChI is InChI=1S/C17H25N5O2/c1-10(2)22(5)9-13-6-7-14(17(24)19-13)16(23)18-8-15-11(3)20-21-12(15)4/h6-7,10H,8-9H2,1-5H3,(H,18,23)(H,19,24)(H,20,21). The minimum atomic E-state index is -0.389. The number of hydrogen-bond donors (Lipinski definition) is 3. The number of amides is 1. The molecule has 0 aromatic carbocycles. The van der Waals surface area contributed by atoms with Crippen LogP contribution in [0.4, 0.5) is 0 Å². The van der Waals surface area contributed by atoms with E-state index >= 15 is 0 Å². The third kappa shape index (κ3) is 4.11. The van der Waals surface area contributed by atoms with Crippen LogP contribution in [0.5, 0.6) is 0 Å². The lowest BCUT2D eigenvalue weighted by Crippen LogP contribution is -2.31. The molecule has 3 N–H and O–H groups in total. The second kappa shape index (κ2) is 7.44. The van der Waals surface area contributed by atoms with Crippen molar-refractivity contribution in [2.24, 2.45) is 0 Å². The molecular weight excluding hydrogens is 306 g/mol. The summed E-state index contributed by atoms with van der Waals surface area (Å²) in [4.78, 5) is 29.3. The number of carbonyl (C=O) groups excluding carboxylic acids is 1. The minimum Gasteiger partial charge on any atom is -0.348 e. The summed E-state index contributed by atoms with van der Waals surface area (Å²) < 4.78 is 0. The quantitative estimate of drug-likeness (QED) is 0.747. The molecule has 130 valence electrons. The average Bonchev–Trinajstić information content (AvgIpc) is 2.83. The van der Waals surface area contributed by atoms with E-state index in [1.54, 1.807) is 12.1 Å². The van der Waals surface area contributed by atoms with Crippen LogP contribution in [0.1, 0.15) is 46.9 Å². The van der Waals surface area contributed by atoms with Crippen molar-refractivity contribution in [2.45, 2.75) is 46.8 Å². The highest BCUT2D eigenvalue weighted by Gasteiger charge is 2.14. The van der Waals surface area contributed by atoms with Crippen LogP contribution in [0.2, 0.25) is 0 Å². The molecule has 0 aliphatic heterocycles. The van der Waals surface area contributed by atoms with Gasteiger partial charge in [0.15, 0.2) is 0 Å². The number of carbonyl (C=O) groups is 1. The van der Waals surface area contributed by atoms with Gasteiger partial charge in [-0.15, -0.1) is 0 Å². The maximum atomic E-state index is 12.3. The molecule has 0 bridgehead atoms. The molecule has 0 atom stereocenters. The third-order valence-corrected chi connectivity index (χ3v) is 4.22. The maximum Gasteiger partial charge on any atom is 0.261 e. The Morgan fingerprint density at radius 1 is 1.33 bits per heavy atom. The van der Waals surface area contributed by atoms with Crippen molar-refractivity contribution in [2.75, 3.05) is 7.05 Å². The Kier molecular flexibility index (Phi) is 5.56. The number of rotatable bonds is 6. The van der Waals surface area contributed by atoms with E-state index in [1.165, 1.54) is 0 Å². The highest BCUT2D eigenvalue weighted by molar-refractivity contribution is 5.93. The van der Waals surface area contributed by atoms with Gasteiger partial charge in [0.2, 0.25) is 0 Å². The van der Waals surface area contributed by atoms with Crippen LogP contribution < -0.4 is 10.9 Å². The topological polar surface area (TPSA) is 93.9 Å². The van der Waals surface area contributed by atoms with Crippen LogP contribution in [0.3, 0.4) is 0 Å². The molecule has 7 heteroatoms. The molecule has 0 spiro atoms. The van der Waals surface area contributed by atoms with Crippen LogP contribution >= 0.6 is 0 Å². The number of aryl methyl sites for hydroxylation is 2. The first-order valence-electron chi connectivity index (χ1n) is 8.00. The normalized spacial score (nSPS) is 11.3. The maximum absolute atomic E-state index is 12.3. The fourth-order valence-electron chi connectivity index (χ4n) is 2.34. The Labute approximate surface area is 141 Å². The fraction of sp³-hybridized carbons (Fsp3) is 0.471. The number of hydrogen-bond acceptors (Lipinski definition) is 4. The molecule has 2 aromatic rings. The van der Waals surface area contributed by atoms with E-state index in [2.05, 4.69) is 39.2 Å². The Bertz CT molecular complexity index is 756. The molecule has 7 nitrogen and oxygen atoms in total. The minimum absolute atomic E-state index is 0.116. The summed E-state index contributed by atoms with van der Waals surface area (Å²) >= 11 is 0.